The zero-order chi connectivity index (χ0) is 31.8. The van der Waals surface area contributed by atoms with Crippen molar-refractivity contribution < 1.29 is 28.6 Å². The Balaban J connectivity index is 1.43. The van der Waals surface area contributed by atoms with E-state index in [1.165, 1.54) is 26.4 Å². The highest BCUT2D eigenvalue weighted by Gasteiger charge is 2.27. The van der Waals surface area contributed by atoms with Gasteiger partial charge in [-0.2, -0.15) is 0 Å². The molecular weight excluding hydrogens is 626 g/mol. The minimum Gasteiger partial charge on any atom is -0.497 e. The summed E-state index contributed by atoms with van der Waals surface area (Å²) in [4.78, 5) is 41.4. The van der Waals surface area contributed by atoms with E-state index in [2.05, 4.69) is 33.1 Å². The smallest absolute Gasteiger partial charge is 0.331 e. The van der Waals surface area contributed by atoms with Crippen LogP contribution in [-0.4, -0.2) is 62.2 Å². The number of nitrogen functional groups attached to an aromatic ring is 1. The van der Waals surface area contributed by atoms with Crippen molar-refractivity contribution in [2.45, 2.75) is 70.5 Å². The number of nitrogens with two attached hydrogens (primary N) is 1. The molecule has 44 heavy (non-hydrogen) atoms. The van der Waals surface area contributed by atoms with Crippen molar-refractivity contribution in [3.63, 3.8) is 0 Å². The van der Waals surface area contributed by atoms with Crippen LogP contribution in [0.5, 0.6) is 5.75 Å². The third-order valence-corrected chi connectivity index (χ3v) is 9.11. The van der Waals surface area contributed by atoms with Crippen LogP contribution in [0.15, 0.2) is 53.0 Å². The van der Waals surface area contributed by atoms with Crippen molar-refractivity contribution in [3.05, 3.63) is 69.7 Å². The summed E-state index contributed by atoms with van der Waals surface area (Å²) in [6.07, 6.45) is 6.02. The minimum atomic E-state index is -1.19. The van der Waals surface area contributed by atoms with E-state index in [0.717, 1.165) is 47.0 Å². The van der Waals surface area contributed by atoms with E-state index in [-0.39, 0.29) is 6.61 Å². The molecule has 0 saturated heterocycles. The summed E-state index contributed by atoms with van der Waals surface area (Å²) < 4.78 is 16.3. The number of hydrogen-bond acceptors (Lipinski definition) is 8. The molecule has 4 rings (SSSR count). The summed E-state index contributed by atoms with van der Waals surface area (Å²) in [7, 11) is 2.83. The number of halogens is 1. The van der Waals surface area contributed by atoms with Gasteiger partial charge >= 0.3 is 11.9 Å². The van der Waals surface area contributed by atoms with Gasteiger partial charge < -0.3 is 25.3 Å². The monoisotopic (exact) mass is 667 g/mol. The highest BCUT2D eigenvalue weighted by atomic mass is 79.9. The van der Waals surface area contributed by atoms with Crippen molar-refractivity contribution in [1.82, 2.24) is 10.2 Å². The molecule has 236 valence electrons. The van der Waals surface area contributed by atoms with Gasteiger partial charge in [-0.05, 0) is 88.4 Å². The van der Waals surface area contributed by atoms with Crippen LogP contribution in [0.3, 0.4) is 0 Å². The molecule has 0 radical (unpaired) electrons. The second kappa shape index (κ2) is 15.4. The van der Waals surface area contributed by atoms with Gasteiger partial charge in [0.05, 0.1) is 25.8 Å². The zero-order valence-corrected chi connectivity index (χ0v) is 27.4. The Kier molecular flexibility index (Phi) is 11.6. The molecule has 0 aliphatic heterocycles. The van der Waals surface area contributed by atoms with Crippen LogP contribution >= 0.6 is 15.9 Å². The summed E-state index contributed by atoms with van der Waals surface area (Å²) in [6, 6.07) is 14.1. The molecule has 1 fully saturated rings. The van der Waals surface area contributed by atoms with E-state index in [4.69, 9.17) is 19.9 Å². The first-order chi connectivity index (χ1) is 21.1. The first-order valence-electron chi connectivity index (χ1n) is 15.1. The predicted octanol–water partition coefficient (Wildman–Crippen LogP) is 5.97. The lowest BCUT2D eigenvalue weighted by molar-refractivity contribution is -0.151. The van der Waals surface area contributed by atoms with Crippen molar-refractivity contribution in [3.8, 4) is 5.75 Å². The Morgan fingerprint density at radius 1 is 1.00 bits per heavy atom. The number of ether oxygens (including phenoxy) is 3. The Hall–Kier alpha value is -3.63. The summed E-state index contributed by atoms with van der Waals surface area (Å²) >= 11 is 3.50. The molecule has 10 heteroatoms. The topological polar surface area (TPSA) is 120 Å². The van der Waals surface area contributed by atoms with Gasteiger partial charge in [-0.3, -0.25) is 14.5 Å². The van der Waals surface area contributed by atoms with Gasteiger partial charge in [0.1, 0.15) is 12.4 Å². The quantitative estimate of drug-likeness (QED) is 0.179. The molecule has 3 N–H and O–H groups in total. The van der Waals surface area contributed by atoms with Crippen LogP contribution in [0.4, 0.5) is 5.69 Å². The third-order valence-electron chi connectivity index (χ3n) is 8.46. The average molecular weight is 669 g/mol. The normalized spacial score (nSPS) is 15.0. The molecule has 3 aromatic rings. The number of carbonyl (C=O) groups excluding carboxylic acids is 3. The second-order valence-electron chi connectivity index (χ2n) is 11.3. The number of fused-ring (bicyclic) bond motifs is 1. The standard InChI is InChI=1S/C34H42BrN3O6/c1-5-38(27-9-7-6-8-10-27)19-26-16-25(18-29(35)31(26)36)32(39)37-30(34(41)43-4)20-44-33(40)21(2)22-11-12-24-17-28(42-3)14-13-23(24)15-22/h11-18,21,27,30H,5-10,19-20,36H2,1-4H3,(H,37,39)/t21?,30-/m0/s1. The lowest BCUT2D eigenvalue weighted by Gasteiger charge is -2.34. The van der Waals surface area contributed by atoms with Crippen LogP contribution in [0, 0.1) is 0 Å². The van der Waals surface area contributed by atoms with Crippen LogP contribution in [0.1, 0.15) is 73.4 Å². The van der Waals surface area contributed by atoms with Crippen molar-refractivity contribution in [1.29, 1.82) is 0 Å². The van der Waals surface area contributed by atoms with Crippen molar-refractivity contribution in [2.75, 3.05) is 33.1 Å². The van der Waals surface area contributed by atoms with Crippen LogP contribution in [0.2, 0.25) is 0 Å². The fraction of sp³-hybridized carbons (Fsp3) is 0.441. The van der Waals surface area contributed by atoms with E-state index in [1.54, 1.807) is 26.2 Å². The fourth-order valence-corrected chi connectivity index (χ4v) is 6.22. The minimum absolute atomic E-state index is 0.335. The molecule has 0 bridgehead atoms. The number of nitrogens with one attached hydrogen (secondary N) is 1. The van der Waals surface area contributed by atoms with Crippen LogP contribution < -0.4 is 15.8 Å². The van der Waals surface area contributed by atoms with E-state index in [9.17, 15) is 14.4 Å². The van der Waals surface area contributed by atoms with Gasteiger partial charge in [-0.1, -0.05) is 50.5 Å². The molecule has 3 aromatic carbocycles. The lowest BCUT2D eigenvalue weighted by Crippen LogP contribution is -2.45. The Labute approximate surface area is 267 Å². The summed E-state index contributed by atoms with van der Waals surface area (Å²) in [5.41, 5.74) is 8.93. The molecule has 1 aliphatic carbocycles. The van der Waals surface area contributed by atoms with Gasteiger partial charge in [0, 0.05) is 22.6 Å². The number of esters is 2. The highest BCUT2D eigenvalue weighted by Crippen LogP contribution is 2.30. The van der Waals surface area contributed by atoms with Gasteiger partial charge in [0.2, 0.25) is 0 Å². The maximum Gasteiger partial charge on any atom is 0.331 e. The molecule has 9 nitrogen and oxygen atoms in total. The number of hydrogen-bond donors (Lipinski definition) is 2. The Bertz CT molecular complexity index is 1490. The van der Waals surface area contributed by atoms with Crippen LogP contribution in [-0.2, 0) is 25.6 Å². The number of anilines is 1. The Morgan fingerprint density at radius 3 is 2.39 bits per heavy atom. The highest BCUT2D eigenvalue weighted by molar-refractivity contribution is 9.10. The third kappa shape index (κ3) is 8.09. The second-order valence-corrected chi connectivity index (χ2v) is 12.1. The Morgan fingerprint density at radius 2 is 1.70 bits per heavy atom. The molecule has 2 atom stereocenters. The van der Waals surface area contributed by atoms with Gasteiger partial charge in [0.15, 0.2) is 6.04 Å². The summed E-state index contributed by atoms with van der Waals surface area (Å²) in [5.74, 6) is -1.60. The number of benzene rings is 3. The van der Waals surface area contributed by atoms with E-state index in [1.807, 2.05) is 36.4 Å². The summed E-state index contributed by atoms with van der Waals surface area (Å²) in [5, 5.41) is 4.62. The number of methoxy groups -OCH3 is 2. The molecule has 1 aliphatic rings. The maximum absolute atomic E-state index is 13.4. The van der Waals surface area contributed by atoms with Crippen molar-refractivity contribution >= 4 is 50.2 Å². The SMILES string of the molecule is CCN(Cc1cc(C(=O)N[C@@H](COC(=O)C(C)c2ccc3cc(OC)ccc3c2)C(=O)OC)cc(Br)c1N)C1CCCCC1. The number of rotatable bonds is 12. The van der Waals surface area contributed by atoms with E-state index in [0.29, 0.717) is 28.3 Å². The molecule has 1 unspecified atom stereocenters. The van der Waals surface area contributed by atoms with Gasteiger partial charge in [0.25, 0.3) is 5.91 Å². The fourth-order valence-electron chi connectivity index (χ4n) is 5.72. The maximum atomic E-state index is 13.4. The molecule has 0 aromatic heterocycles. The van der Waals surface area contributed by atoms with Crippen LogP contribution in [0.25, 0.3) is 10.8 Å². The number of nitrogens with zero attached hydrogens (tertiary/aromatic N) is 1. The van der Waals surface area contributed by atoms with Gasteiger partial charge in [-0.25, -0.2) is 4.79 Å². The zero-order valence-electron chi connectivity index (χ0n) is 25.9. The molecule has 0 heterocycles. The molecule has 1 saturated carbocycles. The average Bonchev–Trinajstić information content (AvgIpc) is 3.05. The van der Waals surface area contributed by atoms with E-state index >= 15 is 0 Å². The molecule has 0 spiro atoms. The number of carbonyl (C=O) groups is 3. The molecule has 1 amide bonds. The first-order valence-corrected chi connectivity index (χ1v) is 15.9. The van der Waals surface area contributed by atoms with Crippen molar-refractivity contribution in [2.24, 2.45) is 0 Å². The summed E-state index contributed by atoms with van der Waals surface area (Å²) in [6.45, 7) is 4.99. The predicted molar refractivity (Wildman–Crippen MR) is 175 cm³/mol. The lowest BCUT2D eigenvalue weighted by atomic mass is 9.93. The van der Waals surface area contributed by atoms with Gasteiger partial charge in [-0.15, -0.1) is 0 Å². The molecular formula is C34H42BrN3O6. The largest absolute Gasteiger partial charge is 0.497 e. The van der Waals surface area contributed by atoms with E-state index < -0.39 is 29.8 Å². The number of amides is 1. The first kappa shape index (κ1) is 33.3.